The lowest BCUT2D eigenvalue weighted by molar-refractivity contribution is -0.118. The van der Waals surface area contributed by atoms with Crippen molar-refractivity contribution in [1.29, 1.82) is 0 Å². The number of anilines is 1. The number of Topliss-reactive ketones (excluding diaryl/α,β-unsaturated/α-hetero) is 1. The summed E-state index contributed by atoms with van der Waals surface area (Å²) < 4.78 is 0. The van der Waals surface area contributed by atoms with Gasteiger partial charge in [0.1, 0.15) is 0 Å². The molecule has 0 radical (unpaired) electrons. The van der Waals surface area contributed by atoms with E-state index in [9.17, 15) is 9.59 Å². The molecule has 1 aliphatic rings. The topological polar surface area (TPSA) is 72.2 Å². The lowest BCUT2D eigenvalue weighted by atomic mass is 9.96. The largest absolute Gasteiger partial charge is 0.326 e. The number of hydrogen-bond donors (Lipinski definition) is 2. The number of rotatable bonds is 2. The van der Waals surface area contributed by atoms with E-state index >= 15 is 0 Å². The van der Waals surface area contributed by atoms with Crippen molar-refractivity contribution >= 4 is 17.4 Å². The zero-order valence-electron chi connectivity index (χ0n) is 9.12. The van der Waals surface area contributed by atoms with Crippen LogP contribution < -0.4 is 11.1 Å². The number of ketones is 1. The molecule has 2 rings (SSSR count). The van der Waals surface area contributed by atoms with Gasteiger partial charge in [0.25, 0.3) is 0 Å². The summed E-state index contributed by atoms with van der Waals surface area (Å²) in [6.07, 6.45) is 1.20. The summed E-state index contributed by atoms with van der Waals surface area (Å²) in [5.41, 5.74) is 8.45. The zero-order chi connectivity index (χ0) is 11.7. The molecule has 0 aromatic heterocycles. The Balaban J connectivity index is 2.33. The third-order valence-corrected chi connectivity index (χ3v) is 2.82. The highest BCUT2D eigenvalue weighted by Crippen LogP contribution is 2.25. The van der Waals surface area contributed by atoms with Crippen LogP contribution in [-0.2, 0) is 16.0 Å². The first-order valence-electron chi connectivity index (χ1n) is 5.26. The highest BCUT2D eigenvalue weighted by atomic mass is 16.1. The van der Waals surface area contributed by atoms with Gasteiger partial charge in [0.05, 0.1) is 6.04 Å². The van der Waals surface area contributed by atoms with Crippen molar-refractivity contribution in [3.8, 4) is 0 Å². The van der Waals surface area contributed by atoms with Gasteiger partial charge in [-0.05, 0) is 30.5 Å². The molecular formula is C12H14N2O2. The van der Waals surface area contributed by atoms with Gasteiger partial charge in [-0.2, -0.15) is 0 Å². The molecule has 3 N–H and O–H groups in total. The summed E-state index contributed by atoms with van der Waals surface area (Å²) in [6, 6.07) is 4.94. The number of carbonyl (C=O) groups excluding carboxylic acids is 2. The fourth-order valence-corrected chi connectivity index (χ4v) is 1.83. The average molecular weight is 218 g/mol. The molecule has 16 heavy (non-hydrogen) atoms. The van der Waals surface area contributed by atoms with Crippen LogP contribution in [0.25, 0.3) is 0 Å². The number of amides is 1. The molecule has 0 aliphatic carbocycles. The lowest BCUT2D eigenvalue weighted by Crippen LogP contribution is -2.21. The molecule has 0 fully saturated rings. The third-order valence-electron chi connectivity index (χ3n) is 2.82. The predicted molar refractivity (Wildman–Crippen MR) is 61.0 cm³/mol. The summed E-state index contributed by atoms with van der Waals surface area (Å²) in [6.45, 7) is 1.48. The van der Waals surface area contributed by atoms with E-state index in [1.807, 2.05) is 12.1 Å². The van der Waals surface area contributed by atoms with Gasteiger partial charge in [-0.1, -0.05) is 12.1 Å². The minimum Gasteiger partial charge on any atom is -0.326 e. The SMILES string of the molecule is CC(=O)C(N)c1ccc2c(c1)CCC(=O)N2. The Morgan fingerprint density at radius 3 is 2.88 bits per heavy atom. The molecule has 1 heterocycles. The maximum absolute atomic E-state index is 11.2. The number of carbonyl (C=O) groups is 2. The fourth-order valence-electron chi connectivity index (χ4n) is 1.83. The van der Waals surface area contributed by atoms with E-state index in [2.05, 4.69) is 5.32 Å². The number of nitrogens with two attached hydrogens (primary N) is 1. The molecule has 4 nitrogen and oxygen atoms in total. The Labute approximate surface area is 93.8 Å². The quantitative estimate of drug-likeness (QED) is 0.782. The van der Waals surface area contributed by atoms with Gasteiger partial charge in [0.2, 0.25) is 5.91 Å². The minimum atomic E-state index is -0.567. The van der Waals surface area contributed by atoms with Crippen LogP contribution in [0.5, 0.6) is 0 Å². The maximum Gasteiger partial charge on any atom is 0.224 e. The average Bonchev–Trinajstić information content (AvgIpc) is 2.27. The van der Waals surface area contributed by atoms with E-state index in [-0.39, 0.29) is 11.7 Å². The van der Waals surface area contributed by atoms with Gasteiger partial charge in [0, 0.05) is 12.1 Å². The Kier molecular flexibility index (Phi) is 2.75. The van der Waals surface area contributed by atoms with E-state index in [1.54, 1.807) is 6.07 Å². The fraction of sp³-hybridized carbons (Fsp3) is 0.333. The first-order valence-corrected chi connectivity index (χ1v) is 5.26. The van der Waals surface area contributed by atoms with Crippen molar-refractivity contribution in [3.05, 3.63) is 29.3 Å². The molecule has 1 aromatic rings. The summed E-state index contributed by atoms with van der Waals surface area (Å²) in [5, 5.41) is 2.79. The first kappa shape index (κ1) is 10.8. The van der Waals surface area contributed by atoms with Crippen LogP contribution >= 0.6 is 0 Å². The van der Waals surface area contributed by atoms with Crippen molar-refractivity contribution in [2.45, 2.75) is 25.8 Å². The second-order valence-electron chi connectivity index (χ2n) is 4.05. The number of nitrogens with one attached hydrogen (secondary N) is 1. The number of fused-ring (bicyclic) bond motifs is 1. The molecule has 0 saturated carbocycles. The number of hydrogen-bond acceptors (Lipinski definition) is 3. The van der Waals surface area contributed by atoms with Crippen LogP contribution in [0.3, 0.4) is 0 Å². The van der Waals surface area contributed by atoms with E-state index in [1.165, 1.54) is 6.92 Å². The molecule has 0 saturated heterocycles. The predicted octanol–water partition coefficient (Wildman–Crippen LogP) is 1.16. The Morgan fingerprint density at radius 2 is 2.19 bits per heavy atom. The molecule has 4 heteroatoms. The first-order chi connectivity index (χ1) is 7.58. The lowest BCUT2D eigenvalue weighted by Gasteiger charge is -2.18. The van der Waals surface area contributed by atoms with Crippen molar-refractivity contribution in [1.82, 2.24) is 0 Å². The van der Waals surface area contributed by atoms with Crippen LogP contribution in [0.2, 0.25) is 0 Å². The smallest absolute Gasteiger partial charge is 0.224 e. The number of aryl methyl sites for hydroxylation is 1. The van der Waals surface area contributed by atoms with Crippen LogP contribution in [0.4, 0.5) is 5.69 Å². The van der Waals surface area contributed by atoms with Gasteiger partial charge in [-0.25, -0.2) is 0 Å². The molecule has 0 spiro atoms. The van der Waals surface area contributed by atoms with Crippen LogP contribution in [-0.4, -0.2) is 11.7 Å². The Hall–Kier alpha value is -1.68. The minimum absolute atomic E-state index is 0.0381. The maximum atomic E-state index is 11.2. The summed E-state index contributed by atoms with van der Waals surface area (Å²) >= 11 is 0. The normalized spacial score (nSPS) is 16.2. The van der Waals surface area contributed by atoms with Crippen LogP contribution in [0.15, 0.2) is 18.2 Å². The second-order valence-corrected chi connectivity index (χ2v) is 4.05. The highest BCUT2D eigenvalue weighted by molar-refractivity contribution is 5.94. The number of benzene rings is 1. The van der Waals surface area contributed by atoms with Crippen molar-refractivity contribution in [3.63, 3.8) is 0 Å². The zero-order valence-corrected chi connectivity index (χ0v) is 9.12. The van der Waals surface area contributed by atoms with Gasteiger partial charge >= 0.3 is 0 Å². The third kappa shape index (κ3) is 1.97. The standard InChI is InChI=1S/C12H14N2O2/c1-7(15)12(13)9-2-4-10-8(6-9)3-5-11(16)14-10/h2,4,6,12H,3,5,13H2,1H3,(H,14,16). The van der Waals surface area contributed by atoms with Crippen LogP contribution in [0, 0.1) is 0 Å². The molecule has 1 aliphatic heterocycles. The van der Waals surface area contributed by atoms with E-state index in [0.29, 0.717) is 12.8 Å². The summed E-state index contributed by atoms with van der Waals surface area (Å²) in [5.74, 6) is -0.0177. The highest BCUT2D eigenvalue weighted by Gasteiger charge is 2.17. The van der Waals surface area contributed by atoms with E-state index < -0.39 is 6.04 Å². The Bertz CT molecular complexity index is 454. The summed E-state index contributed by atoms with van der Waals surface area (Å²) in [7, 11) is 0. The molecule has 1 aromatic carbocycles. The molecule has 0 bridgehead atoms. The van der Waals surface area contributed by atoms with Gasteiger partial charge in [-0.3, -0.25) is 9.59 Å². The van der Waals surface area contributed by atoms with Crippen molar-refractivity contribution in [2.75, 3.05) is 5.32 Å². The molecule has 1 amide bonds. The van der Waals surface area contributed by atoms with Gasteiger partial charge < -0.3 is 11.1 Å². The second kappa shape index (κ2) is 4.06. The van der Waals surface area contributed by atoms with Gasteiger partial charge in [-0.15, -0.1) is 0 Å². The van der Waals surface area contributed by atoms with Crippen molar-refractivity contribution < 1.29 is 9.59 Å². The van der Waals surface area contributed by atoms with E-state index in [0.717, 1.165) is 16.8 Å². The monoisotopic (exact) mass is 218 g/mol. The molecule has 1 atom stereocenters. The molecular weight excluding hydrogens is 204 g/mol. The van der Waals surface area contributed by atoms with Crippen molar-refractivity contribution in [2.24, 2.45) is 5.73 Å². The molecule has 1 unspecified atom stereocenters. The van der Waals surface area contributed by atoms with E-state index in [4.69, 9.17) is 5.73 Å². The molecule has 84 valence electrons. The van der Waals surface area contributed by atoms with Gasteiger partial charge in [0.15, 0.2) is 5.78 Å². The summed E-state index contributed by atoms with van der Waals surface area (Å²) in [4.78, 5) is 22.3. The van der Waals surface area contributed by atoms with Crippen LogP contribution in [0.1, 0.15) is 30.5 Å². The Morgan fingerprint density at radius 1 is 1.44 bits per heavy atom.